The minimum Gasteiger partial charge on any atom is -0.481 e. The van der Waals surface area contributed by atoms with Crippen molar-refractivity contribution >= 4 is 11.7 Å². The first kappa shape index (κ1) is 11.9. The van der Waals surface area contributed by atoms with Crippen LogP contribution in [0, 0.1) is 0 Å². The Morgan fingerprint density at radius 2 is 2.18 bits per heavy atom. The molecular formula is C13H18N2O2. The lowest BCUT2D eigenvalue weighted by Crippen LogP contribution is -2.56. The van der Waals surface area contributed by atoms with E-state index in [1.807, 2.05) is 18.2 Å². The highest BCUT2D eigenvalue weighted by Gasteiger charge is 2.26. The molecule has 0 radical (unpaired) electrons. The number of benzene rings is 1. The molecule has 4 heteroatoms. The van der Waals surface area contributed by atoms with Gasteiger partial charge in [0.05, 0.1) is 6.42 Å². The van der Waals surface area contributed by atoms with Gasteiger partial charge in [-0.2, -0.15) is 0 Å². The van der Waals surface area contributed by atoms with Gasteiger partial charge in [0.1, 0.15) is 0 Å². The molecule has 92 valence electrons. The Kier molecular flexibility index (Phi) is 3.64. The monoisotopic (exact) mass is 234 g/mol. The van der Waals surface area contributed by atoms with E-state index < -0.39 is 5.97 Å². The van der Waals surface area contributed by atoms with Crippen molar-refractivity contribution in [3.63, 3.8) is 0 Å². The van der Waals surface area contributed by atoms with Crippen molar-refractivity contribution < 1.29 is 9.90 Å². The van der Waals surface area contributed by atoms with Crippen LogP contribution in [0.2, 0.25) is 0 Å². The summed E-state index contributed by atoms with van der Waals surface area (Å²) in [6.45, 7) is 3.72. The third-order valence-corrected chi connectivity index (χ3v) is 3.16. The molecule has 2 atom stereocenters. The van der Waals surface area contributed by atoms with Crippen molar-refractivity contribution in [2.45, 2.75) is 25.4 Å². The van der Waals surface area contributed by atoms with E-state index in [9.17, 15) is 4.79 Å². The number of hydrogen-bond donors (Lipinski definition) is 2. The lowest BCUT2D eigenvalue weighted by atomic mass is 10.1. The van der Waals surface area contributed by atoms with Crippen LogP contribution in [0.3, 0.4) is 0 Å². The highest BCUT2D eigenvalue weighted by molar-refractivity contribution is 5.67. The first-order valence-corrected chi connectivity index (χ1v) is 5.93. The van der Waals surface area contributed by atoms with Crippen LogP contribution in [-0.2, 0) is 4.79 Å². The molecule has 2 N–H and O–H groups in total. The molecule has 1 aromatic carbocycles. The summed E-state index contributed by atoms with van der Waals surface area (Å²) in [5, 5.41) is 12.1. The minimum atomic E-state index is -0.745. The summed E-state index contributed by atoms with van der Waals surface area (Å²) in [5.74, 6) is -0.745. The fourth-order valence-electron chi connectivity index (χ4n) is 2.26. The zero-order valence-electron chi connectivity index (χ0n) is 9.97. The molecule has 0 amide bonds. The summed E-state index contributed by atoms with van der Waals surface area (Å²) in [7, 11) is 0. The van der Waals surface area contributed by atoms with Crippen LogP contribution < -0.4 is 10.2 Å². The van der Waals surface area contributed by atoms with Gasteiger partial charge in [0.15, 0.2) is 0 Å². The summed E-state index contributed by atoms with van der Waals surface area (Å²) >= 11 is 0. The Balaban J connectivity index is 2.07. The molecule has 0 spiro atoms. The van der Waals surface area contributed by atoms with Crippen molar-refractivity contribution in [3.05, 3.63) is 30.3 Å². The van der Waals surface area contributed by atoms with Gasteiger partial charge in [0.25, 0.3) is 0 Å². The molecule has 1 aromatic rings. The number of rotatable bonds is 3. The fourth-order valence-corrected chi connectivity index (χ4v) is 2.26. The molecule has 1 heterocycles. The second-order valence-corrected chi connectivity index (χ2v) is 4.54. The van der Waals surface area contributed by atoms with E-state index in [1.165, 1.54) is 0 Å². The van der Waals surface area contributed by atoms with Gasteiger partial charge in [0.2, 0.25) is 0 Å². The lowest BCUT2D eigenvalue weighted by molar-refractivity contribution is -0.137. The number of aliphatic carboxylic acids is 1. The molecule has 1 aliphatic rings. The van der Waals surface area contributed by atoms with E-state index in [0.29, 0.717) is 6.04 Å². The zero-order valence-corrected chi connectivity index (χ0v) is 9.97. The number of carbonyl (C=O) groups is 1. The maximum absolute atomic E-state index is 10.7. The Hall–Kier alpha value is -1.55. The summed E-state index contributed by atoms with van der Waals surface area (Å²) < 4.78 is 0. The molecule has 1 fully saturated rings. The third-order valence-electron chi connectivity index (χ3n) is 3.16. The second kappa shape index (κ2) is 5.19. The van der Waals surface area contributed by atoms with Gasteiger partial charge in [-0.1, -0.05) is 18.2 Å². The van der Waals surface area contributed by atoms with Crippen molar-refractivity contribution in [1.82, 2.24) is 5.32 Å². The molecule has 17 heavy (non-hydrogen) atoms. The van der Waals surface area contributed by atoms with Gasteiger partial charge in [-0.25, -0.2) is 0 Å². The van der Waals surface area contributed by atoms with Gasteiger partial charge in [0, 0.05) is 30.9 Å². The number of para-hydroxylation sites is 1. The van der Waals surface area contributed by atoms with Crippen molar-refractivity contribution in [2.24, 2.45) is 0 Å². The van der Waals surface area contributed by atoms with Crippen molar-refractivity contribution in [1.29, 1.82) is 0 Å². The van der Waals surface area contributed by atoms with Crippen LogP contribution >= 0.6 is 0 Å². The predicted molar refractivity (Wildman–Crippen MR) is 67.3 cm³/mol. The number of anilines is 1. The van der Waals surface area contributed by atoms with Crippen LogP contribution in [-0.4, -0.2) is 36.2 Å². The molecule has 4 nitrogen and oxygen atoms in total. The maximum atomic E-state index is 10.7. The molecule has 2 rings (SSSR count). The quantitative estimate of drug-likeness (QED) is 0.828. The molecule has 0 unspecified atom stereocenters. The van der Waals surface area contributed by atoms with Crippen LogP contribution in [0.15, 0.2) is 30.3 Å². The van der Waals surface area contributed by atoms with Crippen LogP contribution in [0.25, 0.3) is 0 Å². The van der Waals surface area contributed by atoms with Crippen LogP contribution in [0.1, 0.15) is 13.3 Å². The number of piperazine rings is 1. The predicted octanol–water partition coefficient (Wildman–Crippen LogP) is 1.33. The Morgan fingerprint density at radius 3 is 2.82 bits per heavy atom. The first-order chi connectivity index (χ1) is 8.16. The number of nitrogens with one attached hydrogen (secondary N) is 1. The normalized spacial score (nSPS) is 24.6. The van der Waals surface area contributed by atoms with E-state index in [2.05, 4.69) is 29.3 Å². The van der Waals surface area contributed by atoms with E-state index in [4.69, 9.17) is 5.11 Å². The number of hydrogen-bond acceptors (Lipinski definition) is 3. The van der Waals surface area contributed by atoms with E-state index in [0.717, 1.165) is 18.8 Å². The Bertz CT molecular complexity index is 380. The second-order valence-electron chi connectivity index (χ2n) is 4.54. The molecular weight excluding hydrogens is 216 g/mol. The molecule has 0 bridgehead atoms. The Labute approximate surface area is 101 Å². The van der Waals surface area contributed by atoms with Gasteiger partial charge in [-0.3, -0.25) is 4.79 Å². The zero-order chi connectivity index (χ0) is 12.3. The molecule has 0 aliphatic carbocycles. The van der Waals surface area contributed by atoms with E-state index in [1.54, 1.807) is 0 Å². The largest absolute Gasteiger partial charge is 0.481 e. The van der Waals surface area contributed by atoms with Crippen molar-refractivity contribution in [3.8, 4) is 0 Å². The molecule has 0 aromatic heterocycles. The number of nitrogens with zero attached hydrogens (tertiary/aromatic N) is 1. The summed E-state index contributed by atoms with van der Waals surface area (Å²) in [5.41, 5.74) is 1.16. The lowest BCUT2D eigenvalue weighted by Gasteiger charge is -2.40. The highest BCUT2D eigenvalue weighted by Crippen LogP contribution is 2.19. The highest BCUT2D eigenvalue weighted by atomic mass is 16.4. The van der Waals surface area contributed by atoms with Gasteiger partial charge in [-0.15, -0.1) is 0 Å². The third kappa shape index (κ3) is 2.97. The molecule has 1 saturated heterocycles. The molecule has 1 aliphatic heterocycles. The summed E-state index contributed by atoms with van der Waals surface area (Å²) in [6, 6.07) is 10.6. The fraction of sp³-hybridized carbons (Fsp3) is 0.462. The summed E-state index contributed by atoms with van der Waals surface area (Å²) in [6.07, 6.45) is 0.177. The topological polar surface area (TPSA) is 52.6 Å². The van der Waals surface area contributed by atoms with E-state index in [-0.39, 0.29) is 12.5 Å². The van der Waals surface area contributed by atoms with Gasteiger partial charge >= 0.3 is 5.97 Å². The van der Waals surface area contributed by atoms with E-state index >= 15 is 0 Å². The SMILES string of the molecule is C[C@H]1CN[C@@H](CC(=O)O)CN1c1ccccc1. The average molecular weight is 234 g/mol. The smallest absolute Gasteiger partial charge is 0.304 e. The van der Waals surface area contributed by atoms with Gasteiger partial charge < -0.3 is 15.3 Å². The minimum absolute atomic E-state index is 0.0314. The first-order valence-electron chi connectivity index (χ1n) is 5.93. The van der Waals surface area contributed by atoms with Crippen LogP contribution in [0.5, 0.6) is 0 Å². The Morgan fingerprint density at radius 1 is 1.47 bits per heavy atom. The average Bonchev–Trinajstić information content (AvgIpc) is 2.32. The molecule has 0 saturated carbocycles. The summed E-state index contributed by atoms with van der Waals surface area (Å²) in [4.78, 5) is 13.0. The number of carboxylic acids is 1. The van der Waals surface area contributed by atoms with Crippen molar-refractivity contribution in [2.75, 3.05) is 18.0 Å². The van der Waals surface area contributed by atoms with Crippen LogP contribution in [0.4, 0.5) is 5.69 Å². The number of carboxylic acid groups (broad SMARTS) is 1. The standard InChI is InChI=1S/C13H18N2O2/c1-10-8-14-11(7-13(16)17)9-15(10)12-5-3-2-4-6-12/h2-6,10-11,14H,7-9H2,1H3,(H,16,17)/t10-,11-/m0/s1. The van der Waals surface area contributed by atoms with Gasteiger partial charge in [-0.05, 0) is 19.1 Å². The maximum Gasteiger partial charge on any atom is 0.304 e.